The summed E-state index contributed by atoms with van der Waals surface area (Å²) >= 11 is 0. The minimum absolute atomic E-state index is 0.0388. The molecule has 204 valence electrons. The van der Waals surface area contributed by atoms with Crippen LogP contribution in [0.2, 0.25) is 26.2 Å². The lowest BCUT2D eigenvalue weighted by atomic mass is 9.55. The molecule has 2 rings (SSSR count). The standard InChI is InChI=1S/C24H46N2O6Si4/c1-15-12-16(17-10-11-25-14-19(17)26(27)28)13-18(23(2,3)21(29-33-6)30-34-7)20(15)24(4,5)22(31-35-8)32-36-9/h10-11,13-15,18,20-22H,12,33-36H2,1-9H3/t15-,18-,20+/m0/s1. The zero-order valence-electron chi connectivity index (χ0n) is 23.6. The summed E-state index contributed by atoms with van der Waals surface area (Å²) in [6.45, 7) is 19.8. The summed E-state index contributed by atoms with van der Waals surface area (Å²) < 4.78 is 25.2. The summed E-state index contributed by atoms with van der Waals surface area (Å²) in [5, 5.41) is 11.8. The normalized spacial score (nSPS) is 24.0. The Morgan fingerprint density at radius 1 is 0.972 bits per heavy atom. The molecule has 8 nitrogen and oxygen atoms in total. The fraction of sp³-hybridized carbons (Fsp3) is 0.708. The van der Waals surface area contributed by atoms with Crippen LogP contribution in [-0.2, 0) is 17.7 Å². The van der Waals surface area contributed by atoms with Gasteiger partial charge in [0.2, 0.25) is 0 Å². The predicted molar refractivity (Wildman–Crippen MR) is 157 cm³/mol. The fourth-order valence-corrected chi connectivity index (χ4v) is 9.67. The van der Waals surface area contributed by atoms with Crippen molar-refractivity contribution in [1.82, 2.24) is 4.98 Å². The minimum atomic E-state index is -0.705. The maximum absolute atomic E-state index is 11.8. The molecule has 0 saturated carbocycles. The summed E-state index contributed by atoms with van der Waals surface area (Å²) in [7, 11) is -2.76. The van der Waals surface area contributed by atoms with E-state index >= 15 is 0 Å². The van der Waals surface area contributed by atoms with Crippen LogP contribution in [0.25, 0.3) is 5.57 Å². The first-order chi connectivity index (χ1) is 17.0. The first-order valence-corrected chi connectivity index (χ1v) is 21.2. The molecular formula is C24H46N2O6Si4. The maximum atomic E-state index is 11.8. The second-order valence-corrected chi connectivity index (χ2v) is 14.3. The van der Waals surface area contributed by atoms with E-state index in [0.717, 1.165) is 12.0 Å². The van der Waals surface area contributed by atoms with Gasteiger partial charge < -0.3 is 17.7 Å². The van der Waals surface area contributed by atoms with Crippen LogP contribution >= 0.6 is 0 Å². The molecular weight excluding hydrogens is 525 g/mol. The highest BCUT2D eigenvalue weighted by Crippen LogP contribution is 2.55. The van der Waals surface area contributed by atoms with Gasteiger partial charge in [-0.05, 0) is 35.8 Å². The van der Waals surface area contributed by atoms with Crippen molar-refractivity contribution in [3.8, 4) is 0 Å². The van der Waals surface area contributed by atoms with Crippen LogP contribution in [0, 0.1) is 38.7 Å². The van der Waals surface area contributed by atoms with Gasteiger partial charge in [0.05, 0.1) is 10.5 Å². The van der Waals surface area contributed by atoms with Crippen molar-refractivity contribution in [2.45, 2.75) is 79.8 Å². The van der Waals surface area contributed by atoms with Crippen LogP contribution in [0.1, 0.15) is 46.6 Å². The SMILES string of the molecule is C[SiH2]OC(O[SiH2]C)C(C)(C)[C@@H]1[C@@H](C)CC(c2ccncc2[N+](=O)[O-])=C[C@@H]1C(C)(C)C(O[SiH2]C)O[SiH2]C. The Kier molecular flexibility index (Phi) is 11.9. The summed E-state index contributed by atoms with van der Waals surface area (Å²) in [4.78, 5) is 15.5. The Morgan fingerprint density at radius 3 is 1.94 bits per heavy atom. The Hall–Kier alpha value is -1.00. The van der Waals surface area contributed by atoms with Crippen molar-refractivity contribution in [3.63, 3.8) is 0 Å². The van der Waals surface area contributed by atoms with Crippen molar-refractivity contribution in [1.29, 1.82) is 0 Å². The molecule has 3 atom stereocenters. The third-order valence-electron chi connectivity index (χ3n) is 7.47. The molecule has 0 saturated heterocycles. The number of hydrogen-bond acceptors (Lipinski definition) is 7. The molecule has 0 aromatic carbocycles. The third-order valence-corrected chi connectivity index (χ3v) is 10.0. The number of aromatic nitrogens is 1. The fourth-order valence-electron chi connectivity index (χ4n) is 5.97. The van der Waals surface area contributed by atoms with E-state index in [4.69, 9.17) is 17.7 Å². The molecule has 1 heterocycles. The van der Waals surface area contributed by atoms with Crippen LogP contribution in [0.5, 0.6) is 0 Å². The lowest BCUT2D eigenvalue weighted by Crippen LogP contribution is -2.53. The highest BCUT2D eigenvalue weighted by atomic mass is 28.2. The van der Waals surface area contributed by atoms with Crippen LogP contribution in [0.4, 0.5) is 5.69 Å². The third kappa shape index (κ3) is 6.90. The van der Waals surface area contributed by atoms with E-state index in [1.807, 2.05) is 0 Å². The molecule has 1 aromatic heterocycles. The van der Waals surface area contributed by atoms with E-state index in [0.29, 0.717) is 5.56 Å². The van der Waals surface area contributed by atoms with Crippen LogP contribution in [-0.4, -0.2) is 61.5 Å². The average Bonchev–Trinajstić information content (AvgIpc) is 2.83. The Labute approximate surface area is 226 Å². The Bertz CT molecular complexity index is 889. The Balaban J connectivity index is 2.73. The molecule has 0 aliphatic heterocycles. The van der Waals surface area contributed by atoms with E-state index in [2.05, 4.69) is 71.9 Å². The number of nitro groups is 1. The van der Waals surface area contributed by atoms with Crippen LogP contribution in [0.3, 0.4) is 0 Å². The average molecular weight is 571 g/mol. The quantitative estimate of drug-likeness (QED) is 0.147. The van der Waals surface area contributed by atoms with Gasteiger partial charge in [-0.2, -0.15) is 0 Å². The zero-order chi connectivity index (χ0) is 27.1. The highest BCUT2D eigenvalue weighted by molar-refractivity contribution is 6.26. The van der Waals surface area contributed by atoms with Crippen molar-refractivity contribution >= 4 is 50.3 Å². The van der Waals surface area contributed by atoms with E-state index in [1.54, 1.807) is 12.3 Å². The summed E-state index contributed by atoms with van der Waals surface area (Å²) in [6, 6.07) is 1.77. The van der Waals surface area contributed by atoms with Crippen LogP contribution in [0.15, 0.2) is 24.5 Å². The molecule has 36 heavy (non-hydrogen) atoms. The highest BCUT2D eigenvalue weighted by Gasteiger charge is 2.52. The summed E-state index contributed by atoms with van der Waals surface area (Å²) in [5.41, 5.74) is 1.08. The lowest BCUT2D eigenvalue weighted by molar-refractivity contribution is -0.385. The maximum Gasteiger partial charge on any atom is 0.294 e. The number of rotatable bonds is 14. The zero-order valence-corrected chi connectivity index (χ0v) is 29.2. The monoisotopic (exact) mass is 570 g/mol. The molecule has 0 unspecified atom stereocenters. The molecule has 0 N–H and O–H groups in total. The number of hydrogen-bond donors (Lipinski definition) is 0. The smallest absolute Gasteiger partial charge is 0.294 e. The second kappa shape index (κ2) is 13.7. The van der Waals surface area contributed by atoms with Crippen molar-refractivity contribution in [3.05, 3.63) is 40.2 Å². The van der Waals surface area contributed by atoms with Crippen molar-refractivity contribution < 1.29 is 22.6 Å². The minimum Gasteiger partial charge on any atom is -0.400 e. The van der Waals surface area contributed by atoms with Crippen molar-refractivity contribution in [2.75, 3.05) is 0 Å². The van der Waals surface area contributed by atoms with E-state index in [9.17, 15) is 10.1 Å². The molecule has 1 aromatic rings. The van der Waals surface area contributed by atoms with Gasteiger partial charge in [0, 0.05) is 17.0 Å². The van der Waals surface area contributed by atoms with Gasteiger partial charge in [-0.25, -0.2) is 0 Å². The van der Waals surface area contributed by atoms with Gasteiger partial charge >= 0.3 is 0 Å². The second-order valence-electron chi connectivity index (χ2n) is 10.7. The van der Waals surface area contributed by atoms with Gasteiger partial charge in [-0.3, -0.25) is 15.1 Å². The molecule has 0 fully saturated rings. The number of pyridine rings is 1. The van der Waals surface area contributed by atoms with E-state index < -0.39 is 39.1 Å². The van der Waals surface area contributed by atoms with E-state index in [-0.39, 0.29) is 51.8 Å². The first-order valence-electron chi connectivity index (χ1n) is 13.2. The molecule has 0 bridgehead atoms. The molecule has 1 aliphatic rings. The van der Waals surface area contributed by atoms with Gasteiger partial charge in [0.1, 0.15) is 18.8 Å². The van der Waals surface area contributed by atoms with Gasteiger partial charge in [0.15, 0.2) is 39.1 Å². The molecule has 0 radical (unpaired) electrons. The van der Waals surface area contributed by atoms with Gasteiger partial charge in [0.25, 0.3) is 5.69 Å². The van der Waals surface area contributed by atoms with Crippen molar-refractivity contribution in [2.24, 2.45) is 28.6 Å². The first kappa shape index (κ1) is 31.2. The largest absolute Gasteiger partial charge is 0.400 e. The van der Waals surface area contributed by atoms with Gasteiger partial charge in [-0.1, -0.05) is 66.9 Å². The summed E-state index contributed by atoms with van der Waals surface area (Å²) in [5.74, 6) is 0.481. The molecule has 0 amide bonds. The topological polar surface area (TPSA) is 93.0 Å². The molecule has 0 spiro atoms. The lowest BCUT2D eigenvalue weighted by Gasteiger charge is -2.54. The summed E-state index contributed by atoms with van der Waals surface area (Å²) in [6.07, 6.45) is 5.45. The number of nitrogens with zero attached hydrogens (tertiary/aromatic N) is 2. The van der Waals surface area contributed by atoms with Gasteiger partial charge in [-0.15, -0.1) is 0 Å². The molecule has 12 heteroatoms. The Morgan fingerprint density at radius 2 is 1.47 bits per heavy atom. The molecule has 1 aliphatic carbocycles. The van der Waals surface area contributed by atoms with Crippen LogP contribution < -0.4 is 0 Å². The predicted octanol–water partition coefficient (Wildman–Crippen LogP) is 2.94. The number of allylic oxidation sites excluding steroid dienone is 2. The van der Waals surface area contributed by atoms with E-state index in [1.165, 1.54) is 6.20 Å².